The van der Waals surface area contributed by atoms with Crippen LogP contribution in [0.2, 0.25) is 0 Å². The quantitative estimate of drug-likeness (QED) is 0.542. The number of hydrogen-bond acceptors (Lipinski definition) is 5. The zero-order chi connectivity index (χ0) is 21.0. The monoisotopic (exact) mass is 411 g/mol. The minimum Gasteiger partial charge on any atom is -0.454 e. The van der Waals surface area contributed by atoms with Gasteiger partial charge in [0, 0.05) is 18.8 Å². The van der Waals surface area contributed by atoms with E-state index in [-0.39, 0.29) is 18.3 Å². The lowest BCUT2D eigenvalue weighted by Crippen LogP contribution is -2.28. The number of amides is 1. The summed E-state index contributed by atoms with van der Waals surface area (Å²) in [5.41, 5.74) is 1.01. The molecule has 0 atom stereocenters. The zero-order valence-corrected chi connectivity index (χ0v) is 17.8. The second-order valence-corrected chi connectivity index (χ2v) is 8.16. The van der Waals surface area contributed by atoms with Gasteiger partial charge in [-0.05, 0) is 30.5 Å². The van der Waals surface area contributed by atoms with Gasteiger partial charge in [0.25, 0.3) is 5.91 Å². The number of carbonyl (C=O) groups is 1. The van der Waals surface area contributed by atoms with Crippen molar-refractivity contribution in [2.75, 3.05) is 6.79 Å². The Morgan fingerprint density at radius 2 is 1.63 bits per heavy atom. The topological polar surface area (TPSA) is 83.4 Å². The minimum absolute atomic E-state index is 0.113. The first kappa shape index (κ1) is 22.0. The highest BCUT2D eigenvalue weighted by molar-refractivity contribution is 5.97. The lowest BCUT2D eigenvalue weighted by Gasteiger charge is -2.18. The molecule has 1 heterocycles. The predicted octanol–water partition coefficient (Wildman–Crippen LogP) is 4.70. The van der Waals surface area contributed by atoms with Crippen molar-refractivity contribution in [3.8, 4) is 17.6 Å². The number of fused-ring (bicyclic) bond motifs is 1. The third-order valence-electron chi connectivity index (χ3n) is 5.82. The van der Waals surface area contributed by atoms with Crippen molar-refractivity contribution in [2.24, 2.45) is 0 Å². The largest absolute Gasteiger partial charge is 0.454 e. The second-order valence-electron chi connectivity index (χ2n) is 8.16. The fourth-order valence-corrected chi connectivity index (χ4v) is 4.01. The summed E-state index contributed by atoms with van der Waals surface area (Å²) in [7, 11) is 0. The Hall–Kier alpha value is -2.68. The van der Waals surface area contributed by atoms with Crippen molar-refractivity contribution in [3.63, 3.8) is 0 Å². The highest BCUT2D eigenvalue weighted by Gasteiger charge is 2.15. The van der Waals surface area contributed by atoms with E-state index in [2.05, 4.69) is 10.6 Å². The molecular weight excluding hydrogens is 378 g/mol. The molecule has 0 unspecified atom stereocenters. The molecule has 0 spiro atoms. The van der Waals surface area contributed by atoms with Crippen LogP contribution in [0.1, 0.15) is 76.2 Å². The van der Waals surface area contributed by atoms with Crippen LogP contribution in [0.5, 0.6) is 11.5 Å². The first-order valence-corrected chi connectivity index (χ1v) is 11.3. The van der Waals surface area contributed by atoms with Crippen molar-refractivity contribution in [3.05, 3.63) is 35.5 Å². The van der Waals surface area contributed by atoms with Crippen LogP contribution in [0.25, 0.3) is 0 Å². The van der Waals surface area contributed by atoms with Crippen LogP contribution in [0.3, 0.4) is 0 Å². The van der Waals surface area contributed by atoms with E-state index < -0.39 is 0 Å². The van der Waals surface area contributed by atoms with E-state index >= 15 is 0 Å². The number of nitrogens with one attached hydrogen (secondary N) is 2. The van der Waals surface area contributed by atoms with Gasteiger partial charge in [-0.3, -0.25) is 4.79 Å². The van der Waals surface area contributed by atoms with Crippen molar-refractivity contribution in [1.82, 2.24) is 10.6 Å². The van der Waals surface area contributed by atoms with Gasteiger partial charge in [-0.25, -0.2) is 0 Å². The molecule has 6 nitrogen and oxygen atoms in total. The summed E-state index contributed by atoms with van der Waals surface area (Å²) in [6, 6.07) is 7.92. The van der Waals surface area contributed by atoms with Gasteiger partial charge in [-0.15, -0.1) is 0 Å². The van der Waals surface area contributed by atoms with Crippen molar-refractivity contribution in [2.45, 2.75) is 83.2 Å². The van der Waals surface area contributed by atoms with Crippen molar-refractivity contribution >= 4 is 5.91 Å². The van der Waals surface area contributed by atoms with Crippen LogP contribution in [-0.2, 0) is 11.3 Å². The molecule has 2 N–H and O–H groups in total. The Balaban J connectivity index is 1.50. The Labute approximate surface area is 179 Å². The molecule has 2 aliphatic rings. The normalized spacial score (nSPS) is 18.6. The Kier molecular flexibility index (Phi) is 8.89. The smallest absolute Gasteiger partial charge is 0.263 e. The second kappa shape index (κ2) is 12.1. The molecule has 1 aromatic carbocycles. The predicted molar refractivity (Wildman–Crippen MR) is 116 cm³/mol. The molecule has 30 heavy (non-hydrogen) atoms. The number of nitriles is 1. The molecule has 0 aromatic heterocycles. The lowest BCUT2D eigenvalue weighted by molar-refractivity contribution is -0.117. The van der Waals surface area contributed by atoms with Crippen LogP contribution >= 0.6 is 0 Å². The molecule has 1 fully saturated rings. The van der Waals surface area contributed by atoms with E-state index in [1.54, 1.807) is 6.20 Å². The van der Waals surface area contributed by atoms with Crippen molar-refractivity contribution < 1.29 is 14.3 Å². The summed E-state index contributed by atoms with van der Waals surface area (Å²) in [5, 5.41) is 15.6. The highest BCUT2D eigenvalue weighted by atomic mass is 16.7. The van der Waals surface area contributed by atoms with E-state index in [9.17, 15) is 10.1 Å². The maximum absolute atomic E-state index is 12.5. The Morgan fingerprint density at radius 3 is 2.30 bits per heavy atom. The molecule has 1 aliphatic carbocycles. The van der Waals surface area contributed by atoms with Gasteiger partial charge in [0.05, 0.1) is 0 Å². The van der Waals surface area contributed by atoms with E-state index in [1.807, 2.05) is 24.3 Å². The third-order valence-corrected chi connectivity index (χ3v) is 5.82. The van der Waals surface area contributed by atoms with Crippen LogP contribution in [0, 0.1) is 11.3 Å². The number of hydrogen-bond donors (Lipinski definition) is 2. The standard InChI is InChI=1S/C24H33N3O3/c25-15-20(17-26-21-10-8-6-4-2-1-3-5-7-9-11-21)24(28)27-16-19-12-13-22-23(14-19)30-18-29-22/h12-14,17,21,26H,1-11,16,18H2,(H,27,28)/b20-17-. The summed E-state index contributed by atoms with van der Waals surface area (Å²) in [6.45, 7) is 0.553. The molecule has 6 heteroatoms. The fraction of sp³-hybridized carbons (Fsp3) is 0.583. The fourth-order valence-electron chi connectivity index (χ4n) is 4.01. The summed E-state index contributed by atoms with van der Waals surface area (Å²) in [6.07, 6.45) is 15.4. The summed E-state index contributed by atoms with van der Waals surface area (Å²) in [5.74, 6) is 1.03. The van der Waals surface area contributed by atoms with Crippen LogP contribution in [0.15, 0.2) is 30.0 Å². The van der Waals surface area contributed by atoms with E-state index in [4.69, 9.17) is 9.47 Å². The molecule has 1 aliphatic heterocycles. The molecular formula is C24H33N3O3. The van der Waals surface area contributed by atoms with Gasteiger partial charge in [0.1, 0.15) is 11.6 Å². The Morgan fingerprint density at radius 1 is 1.00 bits per heavy atom. The number of carbonyl (C=O) groups excluding carboxylic acids is 1. The zero-order valence-electron chi connectivity index (χ0n) is 17.8. The van der Waals surface area contributed by atoms with Crippen LogP contribution < -0.4 is 20.1 Å². The van der Waals surface area contributed by atoms with Gasteiger partial charge in [0.15, 0.2) is 11.5 Å². The summed E-state index contributed by atoms with van der Waals surface area (Å²) < 4.78 is 10.7. The molecule has 1 amide bonds. The molecule has 0 radical (unpaired) electrons. The van der Waals surface area contributed by atoms with E-state index in [1.165, 1.54) is 57.8 Å². The number of nitrogens with zero attached hydrogens (tertiary/aromatic N) is 1. The molecule has 3 rings (SSSR count). The number of rotatable bonds is 5. The minimum atomic E-state index is -0.365. The third kappa shape index (κ3) is 6.98. The average Bonchev–Trinajstić information content (AvgIpc) is 3.22. The molecule has 1 aromatic rings. The highest BCUT2D eigenvalue weighted by Crippen LogP contribution is 2.32. The van der Waals surface area contributed by atoms with Crippen LogP contribution in [0.4, 0.5) is 0 Å². The van der Waals surface area contributed by atoms with Crippen LogP contribution in [-0.4, -0.2) is 18.7 Å². The lowest BCUT2D eigenvalue weighted by atomic mass is 9.98. The van der Waals surface area contributed by atoms with Gasteiger partial charge in [0.2, 0.25) is 6.79 Å². The summed E-state index contributed by atoms with van der Waals surface area (Å²) in [4.78, 5) is 12.5. The SMILES string of the molecule is N#C/C(=C/NC1CCCCCCCCCCC1)C(=O)NCc1ccc2c(c1)OCO2. The van der Waals surface area contributed by atoms with Crippen molar-refractivity contribution in [1.29, 1.82) is 5.26 Å². The summed E-state index contributed by atoms with van der Waals surface area (Å²) >= 11 is 0. The molecule has 162 valence electrons. The Bertz CT molecular complexity index is 757. The van der Waals surface area contributed by atoms with E-state index in [0.717, 1.165) is 18.4 Å². The van der Waals surface area contributed by atoms with E-state index in [0.29, 0.717) is 24.1 Å². The average molecular weight is 412 g/mol. The molecule has 0 saturated heterocycles. The van der Waals surface area contributed by atoms with Gasteiger partial charge >= 0.3 is 0 Å². The first-order chi connectivity index (χ1) is 14.8. The first-order valence-electron chi connectivity index (χ1n) is 11.3. The maximum atomic E-state index is 12.5. The van der Waals surface area contributed by atoms with Gasteiger partial charge < -0.3 is 20.1 Å². The maximum Gasteiger partial charge on any atom is 0.263 e. The molecule has 0 bridgehead atoms. The number of ether oxygens (including phenoxy) is 2. The molecule has 1 saturated carbocycles. The van der Waals surface area contributed by atoms with Gasteiger partial charge in [-0.2, -0.15) is 5.26 Å². The van der Waals surface area contributed by atoms with Gasteiger partial charge in [-0.1, -0.05) is 63.9 Å². The number of benzene rings is 1.